The van der Waals surface area contributed by atoms with E-state index in [1.54, 1.807) is 6.07 Å². The zero-order valence-corrected chi connectivity index (χ0v) is 14.7. The van der Waals surface area contributed by atoms with Crippen LogP contribution in [0.3, 0.4) is 0 Å². The third-order valence-electron chi connectivity index (χ3n) is 4.43. The molecule has 0 aliphatic carbocycles. The molecule has 2 aromatic carbocycles. The molecule has 128 valence electrons. The highest BCUT2D eigenvalue weighted by Gasteiger charge is 2.36. The van der Waals surface area contributed by atoms with Crippen LogP contribution in [0.15, 0.2) is 39.0 Å². The third kappa shape index (κ3) is 2.44. The van der Waals surface area contributed by atoms with Crippen LogP contribution in [0.25, 0.3) is 10.8 Å². The van der Waals surface area contributed by atoms with Gasteiger partial charge in [-0.2, -0.15) is 16.8 Å². The summed E-state index contributed by atoms with van der Waals surface area (Å²) in [4.78, 5) is 3.25. The summed E-state index contributed by atoms with van der Waals surface area (Å²) in [5.74, 6) is 0. The zero-order valence-electron chi connectivity index (χ0n) is 13.1. The van der Waals surface area contributed by atoms with Gasteiger partial charge < -0.3 is 0 Å². The van der Waals surface area contributed by atoms with Crippen molar-refractivity contribution >= 4 is 42.4 Å². The first-order chi connectivity index (χ1) is 10.8. The molecule has 2 aromatic rings. The summed E-state index contributed by atoms with van der Waals surface area (Å²) >= 11 is 0. The van der Waals surface area contributed by atoms with Gasteiger partial charge in [0, 0.05) is 16.5 Å². The van der Waals surface area contributed by atoms with Gasteiger partial charge in [0.2, 0.25) is 0 Å². The second kappa shape index (κ2) is 4.85. The van der Waals surface area contributed by atoms with Crippen LogP contribution in [0.2, 0.25) is 0 Å². The SMILES string of the molecule is CC1=Nc2ccc3cc(S(=O)(=O)O)cc(S(=O)(=O)O)c3c2C1(C)C. The van der Waals surface area contributed by atoms with Crippen LogP contribution in [-0.4, -0.2) is 31.7 Å². The predicted octanol–water partition coefficient (Wildman–Crippen LogP) is 2.72. The van der Waals surface area contributed by atoms with Crippen molar-refractivity contribution in [1.29, 1.82) is 0 Å². The topological polar surface area (TPSA) is 121 Å². The molecule has 0 atom stereocenters. The van der Waals surface area contributed by atoms with Gasteiger partial charge in [-0.3, -0.25) is 14.1 Å². The molecule has 0 unspecified atom stereocenters. The molecule has 0 amide bonds. The van der Waals surface area contributed by atoms with Crippen molar-refractivity contribution in [2.45, 2.75) is 36.0 Å². The van der Waals surface area contributed by atoms with Crippen LogP contribution in [0, 0.1) is 0 Å². The molecule has 1 aliphatic heterocycles. The van der Waals surface area contributed by atoms with Crippen LogP contribution in [0.5, 0.6) is 0 Å². The normalized spacial score (nSPS) is 17.0. The average molecular weight is 369 g/mol. The highest BCUT2D eigenvalue weighted by Crippen LogP contribution is 2.46. The minimum Gasteiger partial charge on any atom is -0.282 e. The van der Waals surface area contributed by atoms with Crippen LogP contribution in [0.4, 0.5) is 5.69 Å². The van der Waals surface area contributed by atoms with Gasteiger partial charge >= 0.3 is 0 Å². The minimum atomic E-state index is -4.73. The molecule has 0 radical (unpaired) electrons. The third-order valence-corrected chi connectivity index (χ3v) is 6.14. The summed E-state index contributed by atoms with van der Waals surface area (Å²) < 4.78 is 65.4. The first kappa shape index (κ1) is 17.0. The lowest BCUT2D eigenvalue weighted by Gasteiger charge is -2.23. The van der Waals surface area contributed by atoms with Gasteiger partial charge in [0.15, 0.2) is 0 Å². The van der Waals surface area contributed by atoms with Crippen molar-refractivity contribution in [1.82, 2.24) is 0 Å². The molecule has 2 N–H and O–H groups in total. The monoisotopic (exact) mass is 369 g/mol. The van der Waals surface area contributed by atoms with E-state index in [0.29, 0.717) is 11.3 Å². The summed E-state index contributed by atoms with van der Waals surface area (Å²) in [5.41, 5.74) is 1.33. The van der Waals surface area contributed by atoms with Gasteiger partial charge in [0.05, 0.1) is 10.6 Å². The second-order valence-electron chi connectivity index (χ2n) is 6.25. The molecule has 0 spiro atoms. The summed E-state index contributed by atoms with van der Waals surface area (Å²) in [6, 6.07) is 5.09. The van der Waals surface area contributed by atoms with Crippen molar-refractivity contribution in [2.75, 3.05) is 0 Å². The van der Waals surface area contributed by atoms with Crippen LogP contribution < -0.4 is 0 Å². The minimum absolute atomic E-state index is 0.202. The lowest BCUT2D eigenvalue weighted by Crippen LogP contribution is -2.23. The average Bonchev–Trinajstić information content (AvgIpc) is 2.66. The fourth-order valence-corrected chi connectivity index (χ4v) is 4.34. The number of benzene rings is 2. The van der Waals surface area contributed by atoms with Crippen molar-refractivity contribution in [3.63, 3.8) is 0 Å². The van der Waals surface area contributed by atoms with E-state index in [0.717, 1.165) is 11.8 Å². The van der Waals surface area contributed by atoms with Crippen molar-refractivity contribution < 1.29 is 25.9 Å². The Morgan fingerprint density at radius 1 is 1.00 bits per heavy atom. The maximum absolute atomic E-state index is 11.9. The summed E-state index contributed by atoms with van der Waals surface area (Å²) in [6.45, 7) is 5.54. The molecule has 0 aromatic heterocycles. The number of hydrogen-bond acceptors (Lipinski definition) is 5. The molecule has 0 saturated heterocycles. The Morgan fingerprint density at radius 2 is 1.62 bits per heavy atom. The summed E-state index contributed by atoms with van der Waals surface area (Å²) in [6.07, 6.45) is 0. The largest absolute Gasteiger partial charge is 0.295 e. The standard InChI is InChI=1S/C15H15NO6S2/c1-8-15(2,3)14-11(16-8)5-4-9-6-10(23(17,18)19)7-12(13(9)14)24(20,21)22/h4-7H,1-3H3,(H,17,18,19)(H,20,21,22). The lowest BCUT2D eigenvalue weighted by molar-refractivity contribution is 0.482. The molecule has 24 heavy (non-hydrogen) atoms. The van der Waals surface area contributed by atoms with E-state index < -0.39 is 35.4 Å². The Morgan fingerprint density at radius 3 is 2.17 bits per heavy atom. The maximum Gasteiger partial charge on any atom is 0.295 e. The van der Waals surface area contributed by atoms with Crippen molar-refractivity contribution in [2.24, 2.45) is 4.99 Å². The smallest absolute Gasteiger partial charge is 0.282 e. The number of rotatable bonds is 2. The Bertz CT molecular complexity index is 1130. The van der Waals surface area contributed by atoms with E-state index in [2.05, 4.69) is 4.99 Å². The molecule has 0 bridgehead atoms. The summed E-state index contributed by atoms with van der Waals surface area (Å²) in [7, 11) is -9.36. The molecule has 0 fully saturated rings. The Kier molecular flexibility index (Phi) is 3.44. The lowest BCUT2D eigenvalue weighted by atomic mass is 9.80. The van der Waals surface area contributed by atoms with E-state index in [9.17, 15) is 25.9 Å². The quantitative estimate of drug-likeness (QED) is 0.785. The van der Waals surface area contributed by atoms with E-state index >= 15 is 0 Å². The van der Waals surface area contributed by atoms with Gasteiger partial charge in [-0.05, 0) is 36.1 Å². The van der Waals surface area contributed by atoms with E-state index in [-0.39, 0.29) is 10.8 Å². The van der Waals surface area contributed by atoms with Crippen LogP contribution >= 0.6 is 0 Å². The Hall–Kier alpha value is -1.81. The molecule has 3 rings (SSSR count). The number of nitrogens with zero attached hydrogens (tertiary/aromatic N) is 1. The van der Waals surface area contributed by atoms with Gasteiger partial charge in [-0.25, -0.2) is 0 Å². The van der Waals surface area contributed by atoms with Gasteiger partial charge in [0.1, 0.15) is 4.90 Å². The first-order valence-electron chi connectivity index (χ1n) is 6.95. The van der Waals surface area contributed by atoms with E-state index in [4.69, 9.17) is 0 Å². The molecule has 7 nitrogen and oxygen atoms in total. The fraction of sp³-hybridized carbons (Fsp3) is 0.267. The molecular weight excluding hydrogens is 354 g/mol. The maximum atomic E-state index is 11.9. The first-order valence-corrected chi connectivity index (χ1v) is 9.83. The van der Waals surface area contributed by atoms with Crippen molar-refractivity contribution in [3.05, 3.63) is 29.8 Å². The fourth-order valence-electron chi connectivity index (χ4n) is 2.97. The van der Waals surface area contributed by atoms with Crippen molar-refractivity contribution in [3.8, 4) is 0 Å². The molecule has 9 heteroatoms. The second-order valence-corrected chi connectivity index (χ2v) is 9.06. The van der Waals surface area contributed by atoms with Gasteiger partial charge in [0.25, 0.3) is 20.2 Å². The predicted molar refractivity (Wildman–Crippen MR) is 89.4 cm³/mol. The van der Waals surface area contributed by atoms with Gasteiger partial charge in [-0.1, -0.05) is 19.9 Å². The van der Waals surface area contributed by atoms with E-state index in [1.165, 1.54) is 12.1 Å². The zero-order chi connectivity index (χ0) is 18.1. The van der Waals surface area contributed by atoms with Crippen LogP contribution in [0.1, 0.15) is 26.3 Å². The number of aliphatic imine (C=N–C) groups is 1. The molecular formula is C15H15NO6S2. The van der Waals surface area contributed by atoms with Gasteiger partial charge in [-0.15, -0.1) is 0 Å². The highest BCUT2D eigenvalue weighted by atomic mass is 32.2. The molecule has 1 heterocycles. The molecule has 0 saturated carbocycles. The van der Waals surface area contributed by atoms with E-state index in [1.807, 2.05) is 20.8 Å². The Balaban J connectivity index is 2.57. The molecule has 1 aliphatic rings. The summed E-state index contributed by atoms with van der Waals surface area (Å²) in [5, 5.41) is 0.475. The number of fused-ring (bicyclic) bond motifs is 3. The Labute approximate surface area is 139 Å². The number of hydrogen-bond donors (Lipinski definition) is 2. The van der Waals surface area contributed by atoms with Crippen LogP contribution in [-0.2, 0) is 25.7 Å². The highest BCUT2D eigenvalue weighted by molar-refractivity contribution is 7.86.